The van der Waals surface area contributed by atoms with Gasteiger partial charge in [0.25, 0.3) is 15.7 Å². The van der Waals surface area contributed by atoms with Gasteiger partial charge in [-0.3, -0.25) is 4.79 Å². The van der Waals surface area contributed by atoms with E-state index in [4.69, 9.17) is 4.74 Å². The van der Waals surface area contributed by atoms with Gasteiger partial charge in [0.15, 0.2) is 0 Å². The number of carbonyl (C=O) groups excluding carboxylic acids is 1. The third-order valence-corrected chi connectivity index (χ3v) is 5.53. The number of alkyl halides is 3. The summed E-state index contributed by atoms with van der Waals surface area (Å²) in [5.74, 6) is -0.757. The van der Waals surface area contributed by atoms with Crippen LogP contribution in [-0.4, -0.2) is 51.0 Å². The highest BCUT2D eigenvalue weighted by atomic mass is 32.2. The number of hydrogen-bond acceptors (Lipinski definition) is 4. The monoisotopic (exact) mass is 351 g/mol. The number of nitrogens with zero attached hydrogens (tertiary/aromatic N) is 1. The van der Waals surface area contributed by atoms with E-state index in [9.17, 15) is 26.4 Å². The molecule has 1 aliphatic carbocycles. The number of sulfone groups is 1. The topological polar surface area (TPSA) is 63.7 Å². The smallest absolute Gasteiger partial charge is 0.381 e. The molecule has 0 spiro atoms. The van der Waals surface area contributed by atoms with Crippen molar-refractivity contribution in [2.24, 2.45) is 0 Å². The molecule has 9 heteroatoms. The molecule has 1 aromatic carbocycles. The van der Waals surface area contributed by atoms with E-state index in [0.29, 0.717) is 12.8 Å². The number of benzene rings is 1. The molecule has 0 saturated heterocycles. The maximum absolute atomic E-state index is 12.8. The van der Waals surface area contributed by atoms with Crippen molar-refractivity contribution in [1.82, 2.24) is 4.90 Å². The lowest BCUT2D eigenvalue weighted by atomic mass is 9.88. The first-order valence-electron chi connectivity index (χ1n) is 6.80. The Labute approximate surface area is 132 Å². The summed E-state index contributed by atoms with van der Waals surface area (Å²) in [7, 11) is -2.61. The van der Waals surface area contributed by atoms with E-state index in [-0.39, 0.29) is 12.1 Å². The number of hydrogen-bond donors (Lipinski definition) is 0. The predicted molar refractivity (Wildman–Crippen MR) is 75.6 cm³/mol. The zero-order valence-corrected chi connectivity index (χ0v) is 13.3. The van der Waals surface area contributed by atoms with Crippen molar-refractivity contribution >= 4 is 15.7 Å². The van der Waals surface area contributed by atoms with Crippen LogP contribution < -0.4 is 0 Å². The fraction of sp³-hybridized carbons (Fsp3) is 0.500. The summed E-state index contributed by atoms with van der Waals surface area (Å²) < 4.78 is 66.7. The first-order chi connectivity index (χ1) is 10.6. The van der Waals surface area contributed by atoms with Crippen LogP contribution in [0, 0.1) is 0 Å². The Morgan fingerprint density at radius 1 is 1.26 bits per heavy atom. The lowest BCUT2D eigenvalue weighted by molar-refractivity contribution is -0.0436. The Balaban J connectivity index is 2.33. The van der Waals surface area contributed by atoms with E-state index in [2.05, 4.69) is 0 Å². The van der Waals surface area contributed by atoms with Gasteiger partial charge in [-0.1, -0.05) is 12.1 Å². The summed E-state index contributed by atoms with van der Waals surface area (Å²) in [6.45, 7) is 0. The lowest BCUT2D eigenvalue weighted by Crippen LogP contribution is -2.48. The van der Waals surface area contributed by atoms with Gasteiger partial charge in [-0.05, 0) is 25.0 Å². The van der Waals surface area contributed by atoms with Gasteiger partial charge in [0.2, 0.25) is 0 Å². The number of methoxy groups -OCH3 is 1. The summed E-state index contributed by atoms with van der Waals surface area (Å²) >= 11 is 0. The normalized spacial score (nSPS) is 21.6. The average molecular weight is 351 g/mol. The molecule has 5 nitrogen and oxygen atoms in total. The Morgan fingerprint density at radius 2 is 1.83 bits per heavy atom. The van der Waals surface area contributed by atoms with Crippen molar-refractivity contribution in [3.63, 3.8) is 0 Å². The fourth-order valence-electron chi connectivity index (χ4n) is 2.40. The molecule has 23 heavy (non-hydrogen) atoms. The van der Waals surface area contributed by atoms with Gasteiger partial charge in [-0.2, -0.15) is 13.2 Å². The number of ether oxygens (including phenoxy) is 1. The highest BCUT2D eigenvalue weighted by Crippen LogP contribution is 2.34. The van der Waals surface area contributed by atoms with Crippen LogP contribution in [0.2, 0.25) is 0 Å². The lowest BCUT2D eigenvalue weighted by Gasteiger charge is -2.40. The minimum atomic E-state index is -5.59. The van der Waals surface area contributed by atoms with Crippen molar-refractivity contribution in [3.05, 3.63) is 29.8 Å². The zero-order valence-electron chi connectivity index (χ0n) is 12.5. The van der Waals surface area contributed by atoms with Gasteiger partial charge in [-0.15, -0.1) is 0 Å². The summed E-state index contributed by atoms with van der Waals surface area (Å²) in [5.41, 5.74) is -5.94. The van der Waals surface area contributed by atoms with Gasteiger partial charge < -0.3 is 9.64 Å². The molecular weight excluding hydrogens is 335 g/mol. The second kappa shape index (κ2) is 6.12. The SMILES string of the molecule is COC1CC(N(C)C(=O)c2ccccc2S(=O)(=O)C(F)(F)F)C1. The standard InChI is InChI=1S/C14H16F3NO4S/c1-18(9-7-10(8-9)22-2)13(19)11-5-3-4-6-12(11)23(20,21)14(15,16)17/h3-6,9-10H,7-8H2,1-2H3. The van der Waals surface area contributed by atoms with Gasteiger partial charge in [0.05, 0.1) is 16.6 Å². The zero-order chi connectivity index (χ0) is 17.4. The first-order valence-corrected chi connectivity index (χ1v) is 8.28. The number of rotatable bonds is 4. The maximum atomic E-state index is 12.8. The maximum Gasteiger partial charge on any atom is 0.501 e. The third-order valence-electron chi connectivity index (χ3n) is 3.98. The number of carbonyl (C=O) groups is 1. The Kier molecular flexibility index (Phi) is 4.72. The molecular formula is C14H16F3NO4S. The second-order valence-electron chi connectivity index (χ2n) is 5.34. The van der Waals surface area contributed by atoms with E-state index >= 15 is 0 Å². The summed E-state index contributed by atoms with van der Waals surface area (Å²) in [6.07, 6.45) is 1.13. The highest BCUT2D eigenvalue weighted by Gasteiger charge is 2.48. The van der Waals surface area contributed by atoms with Crippen LogP contribution in [0.3, 0.4) is 0 Å². The summed E-state index contributed by atoms with van der Waals surface area (Å²) in [6, 6.07) is 4.18. The highest BCUT2D eigenvalue weighted by molar-refractivity contribution is 7.92. The molecule has 0 unspecified atom stereocenters. The van der Waals surface area contributed by atoms with Crippen molar-refractivity contribution in [1.29, 1.82) is 0 Å². The Hall–Kier alpha value is -1.61. The molecule has 1 aromatic rings. The summed E-state index contributed by atoms with van der Waals surface area (Å²) in [4.78, 5) is 12.7. The van der Waals surface area contributed by atoms with E-state index < -0.39 is 31.7 Å². The molecule has 0 bridgehead atoms. The van der Waals surface area contributed by atoms with Gasteiger partial charge in [0.1, 0.15) is 0 Å². The third kappa shape index (κ3) is 3.20. The van der Waals surface area contributed by atoms with E-state index in [1.165, 1.54) is 25.1 Å². The van der Waals surface area contributed by atoms with E-state index in [1.54, 1.807) is 0 Å². The van der Waals surface area contributed by atoms with Gasteiger partial charge >= 0.3 is 5.51 Å². The van der Waals surface area contributed by atoms with Gasteiger partial charge in [0, 0.05) is 20.2 Å². The van der Waals surface area contributed by atoms with Crippen LogP contribution in [0.1, 0.15) is 23.2 Å². The summed E-state index contributed by atoms with van der Waals surface area (Å²) in [5, 5.41) is 0. The molecule has 0 atom stereocenters. The Morgan fingerprint density at radius 3 is 2.35 bits per heavy atom. The van der Waals surface area contributed by atoms with Gasteiger partial charge in [-0.25, -0.2) is 8.42 Å². The predicted octanol–water partition coefficient (Wildman–Crippen LogP) is 2.23. The first kappa shape index (κ1) is 17.7. The molecule has 0 heterocycles. The molecule has 1 amide bonds. The van der Waals surface area contributed by atoms with E-state index in [1.807, 2.05) is 0 Å². The molecule has 0 aromatic heterocycles. The quantitative estimate of drug-likeness (QED) is 0.835. The minimum Gasteiger partial charge on any atom is -0.381 e. The molecule has 128 valence electrons. The minimum absolute atomic E-state index is 0.00408. The van der Waals surface area contributed by atoms with Crippen LogP contribution >= 0.6 is 0 Å². The molecule has 0 radical (unpaired) electrons. The molecule has 2 rings (SSSR count). The number of halogens is 3. The largest absolute Gasteiger partial charge is 0.501 e. The van der Waals surface area contributed by atoms with E-state index in [0.717, 1.165) is 18.2 Å². The van der Waals surface area contributed by atoms with Crippen molar-refractivity contribution in [3.8, 4) is 0 Å². The Bertz CT molecular complexity index is 696. The molecule has 1 saturated carbocycles. The van der Waals surface area contributed by atoms with Crippen LogP contribution in [0.25, 0.3) is 0 Å². The van der Waals surface area contributed by atoms with Crippen LogP contribution in [-0.2, 0) is 14.6 Å². The molecule has 0 aliphatic heterocycles. The number of amides is 1. The van der Waals surface area contributed by atoms with Crippen LogP contribution in [0.5, 0.6) is 0 Å². The molecule has 1 fully saturated rings. The fourth-order valence-corrected chi connectivity index (χ4v) is 3.36. The van der Waals surface area contributed by atoms with Crippen molar-refractivity contribution in [2.45, 2.75) is 35.4 Å². The second-order valence-corrected chi connectivity index (χ2v) is 7.25. The molecule has 1 aliphatic rings. The average Bonchev–Trinajstić information content (AvgIpc) is 2.44. The van der Waals surface area contributed by atoms with Crippen LogP contribution in [0.15, 0.2) is 29.2 Å². The van der Waals surface area contributed by atoms with Crippen molar-refractivity contribution in [2.75, 3.05) is 14.2 Å². The van der Waals surface area contributed by atoms with Crippen molar-refractivity contribution < 1.29 is 31.1 Å². The molecule has 0 N–H and O–H groups in total. The van der Waals surface area contributed by atoms with Crippen LogP contribution in [0.4, 0.5) is 13.2 Å².